The first-order valence-corrected chi connectivity index (χ1v) is 11.0. The lowest BCUT2D eigenvalue weighted by atomic mass is 10.0. The number of nitrogens with zero attached hydrogens (tertiary/aromatic N) is 1. The summed E-state index contributed by atoms with van der Waals surface area (Å²) in [5.41, 5.74) is 5.72. The maximum atomic E-state index is 12.1. The van der Waals surface area contributed by atoms with Gasteiger partial charge in [0.1, 0.15) is 5.60 Å². The summed E-state index contributed by atoms with van der Waals surface area (Å²) in [6.07, 6.45) is 5.57. The van der Waals surface area contributed by atoms with Crippen LogP contribution in [0.5, 0.6) is 0 Å². The van der Waals surface area contributed by atoms with Crippen molar-refractivity contribution in [3.05, 3.63) is 89.9 Å². The first kappa shape index (κ1) is 24.1. The monoisotopic (exact) mass is 441 g/mol. The van der Waals surface area contributed by atoms with Crippen LogP contribution in [0.2, 0.25) is 0 Å². The zero-order valence-electron chi connectivity index (χ0n) is 20.0. The van der Waals surface area contributed by atoms with E-state index in [1.165, 1.54) is 0 Å². The van der Waals surface area contributed by atoms with Crippen LogP contribution in [0.15, 0.2) is 77.6 Å². The summed E-state index contributed by atoms with van der Waals surface area (Å²) in [7, 11) is 1.90. The first-order chi connectivity index (χ1) is 15.7. The quantitative estimate of drug-likeness (QED) is 0.349. The Morgan fingerprint density at radius 3 is 2.36 bits per heavy atom. The van der Waals surface area contributed by atoms with Gasteiger partial charge in [-0.15, -0.1) is 0 Å². The van der Waals surface area contributed by atoms with Gasteiger partial charge in [0.15, 0.2) is 0 Å². The lowest BCUT2D eigenvalue weighted by Gasteiger charge is -2.22. The van der Waals surface area contributed by atoms with E-state index in [0.717, 1.165) is 33.4 Å². The summed E-state index contributed by atoms with van der Waals surface area (Å²) in [5, 5.41) is 0. The Balaban J connectivity index is 1.75. The maximum absolute atomic E-state index is 12.1. The molecule has 4 nitrogen and oxygen atoms in total. The molecule has 4 heteroatoms. The van der Waals surface area contributed by atoms with Gasteiger partial charge in [-0.05, 0) is 63.6 Å². The number of rotatable bonds is 6. The number of carbonyl (C=O) groups is 1. The van der Waals surface area contributed by atoms with E-state index in [9.17, 15) is 4.79 Å². The Morgan fingerprint density at radius 2 is 1.76 bits per heavy atom. The van der Waals surface area contributed by atoms with Crippen molar-refractivity contribution in [1.82, 2.24) is 4.90 Å². The number of carbonyl (C=O) groups excluding carboxylic acids is 1. The second-order valence-electron chi connectivity index (χ2n) is 9.06. The normalized spacial score (nSPS) is 11.8. The molecule has 3 rings (SSSR count). The van der Waals surface area contributed by atoms with Crippen molar-refractivity contribution in [3.63, 3.8) is 0 Å². The van der Waals surface area contributed by atoms with E-state index < -0.39 is 5.60 Å². The van der Waals surface area contributed by atoms with Crippen molar-refractivity contribution < 1.29 is 13.9 Å². The Kier molecular flexibility index (Phi) is 7.92. The molecule has 0 fully saturated rings. The summed E-state index contributed by atoms with van der Waals surface area (Å²) in [5.74, 6) is 6.35. The number of ether oxygens (including phenoxy) is 1. The Bertz CT molecular complexity index is 1150. The molecule has 1 aromatic heterocycles. The SMILES string of the molecule is Cc1cocc1-c1ccc(C#CC(=CCN(C)CC(=O)OC(C)(C)C)c2ccccc2)cc1. The van der Waals surface area contributed by atoms with Crippen LogP contribution >= 0.6 is 0 Å². The molecular formula is C29H31NO3. The average Bonchev–Trinajstić information content (AvgIpc) is 3.19. The van der Waals surface area contributed by atoms with Crippen LogP contribution in [0.1, 0.15) is 37.5 Å². The highest BCUT2D eigenvalue weighted by molar-refractivity contribution is 5.80. The summed E-state index contributed by atoms with van der Waals surface area (Å²) < 4.78 is 10.7. The second-order valence-corrected chi connectivity index (χ2v) is 9.06. The maximum Gasteiger partial charge on any atom is 0.320 e. The minimum absolute atomic E-state index is 0.220. The molecule has 0 saturated carbocycles. The van der Waals surface area contributed by atoms with Gasteiger partial charge in [0.05, 0.1) is 19.1 Å². The molecule has 0 N–H and O–H groups in total. The molecule has 0 saturated heterocycles. The lowest BCUT2D eigenvalue weighted by Crippen LogP contribution is -2.32. The van der Waals surface area contributed by atoms with Crippen LogP contribution in [-0.2, 0) is 9.53 Å². The van der Waals surface area contributed by atoms with Crippen LogP contribution in [0.25, 0.3) is 16.7 Å². The van der Waals surface area contributed by atoms with Gasteiger partial charge in [0.25, 0.3) is 0 Å². The fourth-order valence-corrected chi connectivity index (χ4v) is 3.29. The number of furan rings is 1. The zero-order chi connectivity index (χ0) is 23.8. The molecule has 0 aliphatic rings. The van der Waals surface area contributed by atoms with Gasteiger partial charge >= 0.3 is 5.97 Å². The number of aryl methyl sites for hydroxylation is 1. The van der Waals surface area contributed by atoms with E-state index >= 15 is 0 Å². The molecule has 0 spiro atoms. The average molecular weight is 442 g/mol. The van der Waals surface area contributed by atoms with Gasteiger partial charge < -0.3 is 9.15 Å². The molecule has 2 aromatic carbocycles. The highest BCUT2D eigenvalue weighted by Crippen LogP contribution is 2.24. The molecular weight excluding hydrogens is 410 g/mol. The molecule has 33 heavy (non-hydrogen) atoms. The molecule has 170 valence electrons. The van der Waals surface area contributed by atoms with Gasteiger partial charge in [0.2, 0.25) is 0 Å². The number of benzene rings is 2. The number of hydrogen-bond acceptors (Lipinski definition) is 4. The smallest absolute Gasteiger partial charge is 0.320 e. The topological polar surface area (TPSA) is 42.7 Å². The third kappa shape index (κ3) is 7.52. The van der Waals surface area contributed by atoms with Gasteiger partial charge in [0, 0.05) is 23.2 Å². The number of esters is 1. The van der Waals surface area contributed by atoms with Crippen molar-refractivity contribution in [2.75, 3.05) is 20.1 Å². The van der Waals surface area contributed by atoms with E-state index in [2.05, 4.69) is 30.0 Å². The van der Waals surface area contributed by atoms with Gasteiger partial charge in [-0.3, -0.25) is 9.69 Å². The second kappa shape index (κ2) is 10.8. The van der Waals surface area contributed by atoms with Crippen LogP contribution in [0, 0.1) is 18.8 Å². The van der Waals surface area contributed by atoms with Gasteiger partial charge in [-0.25, -0.2) is 0 Å². The number of likely N-dealkylation sites (N-methyl/N-ethyl adjacent to an activating group) is 1. The van der Waals surface area contributed by atoms with Crippen LogP contribution in [0.3, 0.4) is 0 Å². The van der Waals surface area contributed by atoms with Crippen molar-refractivity contribution in [3.8, 4) is 23.0 Å². The summed E-state index contributed by atoms with van der Waals surface area (Å²) in [4.78, 5) is 14.0. The van der Waals surface area contributed by atoms with Crippen molar-refractivity contribution in [1.29, 1.82) is 0 Å². The molecule has 0 radical (unpaired) electrons. The molecule has 0 amide bonds. The molecule has 0 aliphatic carbocycles. The highest BCUT2D eigenvalue weighted by atomic mass is 16.6. The fourth-order valence-electron chi connectivity index (χ4n) is 3.29. The summed E-state index contributed by atoms with van der Waals surface area (Å²) in [6, 6.07) is 18.2. The van der Waals surface area contributed by atoms with Gasteiger partial charge in [-0.1, -0.05) is 60.4 Å². The largest absolute Gasteiger partial charge is 0.472 e. The Hall–Kier alpha value is -3.55. The molecule has 0 atom stereocenters. The minimum atomic E-state index is -0.486. The molecule has 0 bridgehead atoms. The zero-order valence-corrected chi connectivity index (χ0v) is 20.0. The molecule has 0 unspecified atom stereocenters. The van der Waals surface area contributed by atoms with E-state index in [1.54, 1.807) is 12.5 Å². The highest BCUT2D eigenvalue weighted by Gasteiger charge is 2.17. The third-order valence-corrected chi connectivity index (χ3v) is 4.90. The summed E-state index contributed by atoms with van der Waals surface area (Å²) in [6.45, 7) is 8.45. The molecule has 1 heterocycles. The van der Waals surface area contributed by atoms with Crippen molar-refractivity contribution >= 4 is 11.5 Å². The van der Waals surface area contributed by atoms with E-state index in [0.29, 0.717) is 6.54 Å². The van der Waals surface area contributed by atoms with E-state index in [1.807, 2.05) is 82.1 Å². The number of hydrogen-bond donors (Lipinski definition) is 0. The predicted octanol–water partition coefficient (Wildman–Crippen LogP) is 5.96. The van der Waals surface area contributed by atoms with Gasteiger partial charge in [-0.2, -0.15) is 0 Å². The van der Waals surface area contributed by atoms with Crippen LogP contribution < -0.4 is 0 Å². The molecule has 0 aliphatic heterocycles. The van der Waals surface area contributed by atoms with Crippen molar-refractivity contribution in [2.24, 2.45) is 0 Å². The van der Waals surface area contributed by atoms with Crippen LogP contribution in [-0.4, -0.2) is 36.6 Å². The third-order valence-electron chi connectivity index (χ3n) is 4.90. The minimum Gasteiger partial charge on any atom is -0.472 e. The lowest BCUT2D eigenvalue weighted by molar-refractivity contribution is -0.155. The summed E-state index contributed by atoms with van der Waals surface area (Å²) >= 11 is 0. The standard InChI is InChI=1S/C29H31NO3/c1-22-20-32-21-27(22)26-15-12-23(13-16-26)11-14-25(24-9-7-6-8-10-24)17-18-30(5)19-28(31)33-29(2,3)4/h6-10,12-13,15-17,20-21H,18-19H2,1-5H3. The van der Waals surface area contributed by atoms with Crippen molar-refractivity contribution in [2.45, 2.75) is 33.3 Å². The Labute approximate surface area is 196 Å². The first-order valence-electron chi connectivity index (χ1n) is 11.0. The fraction of sp³-hybridized carbons (Fsp3) is 0.276. The van der Waals surface area contributed by atoms with Crippen LogP contribution in [0.4, 0.5) is 0 Å². The van der Waals surface area contributed by atoms with E-state index in [4.69, 9.17) is 9.15 Å². The van der Waals surface area contributed by atoms with E-state index in [-0.39, 0.29) is 12.5 Å². The molecule has 3 aromatic rings. The number of allylic oxidation sites excluding steroid dienone is 1. The predicted molar refractivity (Wildman–Crippen MR) is 134 cm³/mol. The Morgan fingerprint density at radius 1 is 1.06 bits per heavy atom.